The van der Waals surface area contributed by atoms with E-state index in [4.69, 9.17) is 0 Å². The molecule has 3 aromatic carbocycles. The van der Waals surface area contributed by atoms with E-state index in [-0.39, 0.29) is 5.91 Å². The molecule has 0 saturated carbocycles. The summed E-state index contributed by atoms with van der Waals surface area (Å²) in [4.78, 5) is 12.2. The normalized spacial score (nSPS) is 10.8. The Bertz CT molecular complexity index is 1120. The van der Waals surface area contributed by atoms with Gasteiger partial charge in [-0.25, -0.2) is 0 Å². The van der Waals surface area contributed by atoms with Gasteiger partial charge in [-0.3, -0.25) is 4.79 Å². The van der Waals surface area contributed by atoms with Gasteiger partial charge < -0.3 is 5.32 Å². The van der Waals surface area contributed by atoms with Crippen LogP contribution in [0.1, 0.15) is 12.5 Å². The van der Waals surface area contributed by atoms with Gasteiger partial charge in [-0.15, -0.1) is 10.2 Å². The first-order valence-corrected chi connectivity index (χ1v) is 10.5. The molecule has 4 rings (SSSR count). The number of anilines is 1. The minimum Gasteiger partial charge on any atom is -0.325 e. The van der Waals surface area contributed by atoms with Crippen molar-refractivity contribution >= 4 is 34.1 Å². The van der Waals surface area contributed by atoms with Crippen LogP contribution in [0.25, 0.3) is 22.0 Å². The lowest BCUT2D eigenvalue weighted by Gasteiger charge is -2.06. The average Bonchev–Trinajstić information content (AvgIpc) is 2.78. The van der Waals surface area contributed by atoms with Gasteiger partial charge in [0, 0.05) is 11.3 Å². The number of hydrogen-bond acceptors (Lipinski definition) is 4. The first kappa shape index (κ1) is 19.2. The maximum absolute atomic E-state index is 12.2. The number of benzene rings is 3. The number of thioether (sulfide) groups is 1. The molecule has 0 radical (unpaired) electrons. The van der Waals surface area contributed by atoms with Gasteiger partial charge in [-0.05, 0) is 53.1 Å². The fraction of sp³-hybridized carbons (Fsp3) is 0.125. The van der Waals surface area contributed by atoms with Crippen molar-refractivity contribution in [1.82, 2.24) is 10.2 Å². The molecular weight excluding hydrogens is 378 g/mol. The maximum Gasteiger partial charge on any atom is 0.234 e. The summed E-state index contributed by atoms with van der Waals surface area (Å²) in [6.07, 6.45) is 0.984. The van der Waals surface area contributed by atoms with Gasteiger partial charge >= 0.3 is 0 Å². The SMILES string of the molecule is CCc1ccc(NC(=O)CSc2ccc(-c3ccc4ccccc4c3)nn2)cc1. The van der Waals surface area contributed by atoms with Crippen LogP contribution in [0.5, 0.6) is 0 Å². The zero-order valence-corrected chi connectivity index (χ0v) is 16.9. The molecule has 5 heteroatoms. The number of fused-ring (bicyclic) bond motifs is 1. The highest BCUT2D eigenvalue weighted by Crippen LogP contribution is 2.24. The molecule has 1 aromatic heterocycles. The predicted octanol–water partition coefficient (Wildman–Crippen LogP) is 5.59. The summed E-state index contributed by atoms with van der Waals surface area (Å²) in [5.74, 6) is 0.235. The van der Waals surface area contributed by atoms with Crippen molar-refractivity contribution in [1.29, 1.82) is 0 Å². The van der Waals surface area contributed by atoms with E-state index < -0.39 is 0 Å². The second kappa shape index (κ2) is 8.88. The summed E-state index contributed by atoms with van der Waals surface area (Å²) in [6.45, 7) is 2.11. The second-order valence-electron chi connectivity index (χ2n) is 6.71. The number of aromatic nitrogens is 2. The van der Waals surface area contributed by atoms with Crippen LogP contribution in [0.3, 0.4) is 0 Å². The second-order valence-corrected chi connectivity index (χ2v) is 7.70. The summed E-state index contributed by atoms with van der Waals surface area (Å²) in [7, 11) is 0. The molecule has 0 aliphatic rings. The van der Waals surface area contributed by atoms with Crippen molar-refractivity contribution in [2.75, 3.05) is 11.1 Å². The molecule has 144 valence electrons. The van der Waals surface area contributed by atoms with Gasteiger partial charge in [0.05, 0.1) is 11.4 Å². The van der Waals surface area contributed by atoms with Crippen LogP contribution in [0.2, 0.25) is 0 Å². The van der Waals surface area contributed by atoms with Crippen LogP contribution in [-0.4, -0.2) is 21.9 Å². The molecule has 4 aromatic rings. The number of carbonyl (C=O) groups excluding carboxylic acids is 1. The monoisotopic (exact) mass is 399 g/mol. The number of nitrogens with one attached hydrogen (secondary N) is 1. The van der Waals surface area contributed by atoms with Gasteiger partial charge in [-0.2, -0.15) is 0 Å². The van der Waals surface area contributed by atoms with Gasteiger partial charge in [0.2, 0.25) is 5.91 Å². The van der Waals surface area contributed by atoms with E-state index >= 15 is 0 Å². The maximum atomic E-state index is 12.2. The molecule has 0 atom stereocenters. The van der Waals surface area contributed by atoms with Gasteiger partial charge in [0.25, 0.3) is 0 Å². The van der Waals surface area contributed by atoms with Crippen molar-refractivity contribution in [2.24, 2.45) is 0 Å². The Hall–Kier alpha value is -3.18. The topological polar surface area (TPSA) is 54.9 Å². The number of amides is 1. The molecule has 1 heterocycles. The molecule has 0 spiro atoms. The molecule has 0 aliphatic carbocycles. The van der Waals surface area contributed by atoms with Crippen LogP contribution in [-0.2, 0) is 11.2 Å². The lowest BCUT2D eigenvalue weighted by atomic mass is 10.1. The molecule has 0 unspecified atom stereocenters. The van der Waals surface area contributed by atoms with Crippen LogP contribution >= 0.6 is 11.8 Å². The zero-order chi connectivity index (χ0) is 20.1. The molecule has 1 amide bonds. The molecule has 0 aliphatic heterocycles. The van der Waals surface area contributed by atoms with Crippen LogP contribution in [0.15, 0.2) is 83.9 Å². The molecule has 4 nitrogen and oxygen atoms in total. The van der Waals surface area contributed by atoms with Gasteiger partial charge in [0.1, 0.15) is 5.03 Å². The average molecular weight is 400 g/mol. The van der Waals surface area contributed by atoms with Crippen molar-refractivity contribution in [3.63, 3.8) is 0 Å². The minimum absolute atomic E-state index is 0.0559. The van der Waals surface area contributed by atoms with E-state index in [9.17, 15) is 4.79 Å². The number of aryl methyl sites for hydroxylation is 1. The quantitative estimate of drug-likeness (QED) is 0.429. The summed E-state index contributed by atoms with van der Waals surface area (Å²) in [5, 5.41) is 14.6. The third-order valence-electron chi connectivity index (χ3n) is 4.68. The van der Waals surface area contributed by atoms with E-state index in [0.29, 0.717) is 5.75 Å². The number of nitrogens with zero attached hydrogens (tertiary/aromatic N) is 2. The highest BCUT2D eigenvalue weighted by molar-refractivity contribution is 7.99. The fourth-order valence-electron chi connectivity index (χ4n) is 3.06. The van der Waals surface area contributed by atoms with Gasteiger partial charge in [0.15, 0.2) is 0 Å². The van der Waals surface area contributed by atoms with Crippen LogP contribution < -0.4 is 5.32 Å². The van der Waals surface area contributed by atoms with Crippen molar-refractivity contribution in [3.05, 3.63) is 84.4 Å². The van der Waals surface area contributed by atoms with E-state index in [1.807, 2.05) is 48.5 Å². The smallest absolute Gasteiger partial charge is 0.234 e. The largest absolute Gasteiger partial charge is 0.325 e. The predicted molar refractivity (Wildman–Crippen MR) is 120 cm³/mol. The van der Waals surface area contributed by atoms with Crippen LogP contribution in [0.4, 0.5) is 5.69 Å². The Labute approximate surface area is 174 Å². The Morgan fingerprint density at radius 3 is 2.41 bits per heavy atom. The Morgan fingerprint density at radius 1 is 0.897 bits per heavy atom. The Morgan fingerprint density at radius 2 is 1.69 bits per heavy atom. The molecule has 0 bridgehead atoms. The van der Waals surface area contributed by atoms with E-state index in [1.54, 1.807) is 0 Å². The Kier molecular flexibility index (Phi) is 5.86. The summed E-state index contributed by atoms with van der Waals surface area (Å²) in [6, 6.07) is 26.3. The van der Waals surface area contributed by atoms with Crippen molar-refractivity contribution in [3.8, 4) is 11.3 Å². The lowest BCUT2D eigenvalue weighted by molar-refractivity contribution is -0.113. The number of rotatable bonds is 6. The summed E-state index contributed by atoms with van der Waals surface area (Å²) >= 11 is 1.38. The molecular formula is C24H21N3OS. The standard InChI is InChI=1S/C24H21N3OS/c1-2-17-7-11-21(12-8-17)25-23(28)16-29-24-14-13-22(26-27-24)20-10-9-18-5-3-4-6-19(18)15-20/h3-15H,2,16H2,1H3,(H,25,28). The fourth-order valence-corrected chi connectivity index (χ4v) is 3.67. The first-order valence-electron chi connectivity index (χ1n) is 9.56. The third-order valence-corrected chi connectivity index (χ3v) is 5.60. The number of carbonyl (C=O) groups is 1. The van der Waals surface area contributed by atoms with E-state index in [1.165, 1.54) is 28.1 Å². The molecule has 1 N–H and O–H groups in total. The number of hydrogen-bond donors (Lipinski definition) is 1. The first-order chi connectivity index (χ1) is 14.2. The van der Waals surface area contributed by atoms with Crippen molar-refractivity contribution < 1.29 is 4.79 Å². The zero-order valence-electron chi connectivity index (χ0n) is 16.1. The summed E-state index contributed by atoms with van der Waals surface area (Å²) < 4.78 is 0. The molecule has 29 heavy (non-hydrogen) atoms. The van der Waals surface area contributed by atoms with E-state index in [2.05, 4.69) is 52.8 Å². The molecule has 0 saturated heterocycles. The third kappa shape index (κ3) is 4.81. The van der Waals surface area contributed by atoms with Crippen molar-refractivity contribution in [2.45, 2.75) is 18.4 Å². The van der Waals surface area contributed by atoms with Gasteiger partial charge in [-0.1, -0.05) is 67.2 Å². The van der Waals surface area contributed by atoms with E-state index in [0.717, 1.165) is 28.4 Å². The van der Waals surface area contributed by atoms with Crippen LogP contribution in [0, 0.1) is 0 Å². The minimum atomic E-state index is -0.0559. The Balaban J connectivity index is 1.36. The molecule has 0 fully saturated rings. The lowest BCUT2D eigenvalue weighted by Crippen LogP contribution is -2.14. The highest BCUT2D eigenvalue weighted by Gasteiger charge is 2.07. The highest BCUT2D eigenvalue weighted by atomic mass is 32.2. The summed E-state index contributed by atoms with van der Waals surface area (Å²) in [5.41, 5.74) is 3.91.